The molecular weight excluding hydrogens is 344 g/mol. The molecule has 0 bridgehead atoms. The van der Waals surface area contributed by atoms with Crippen molar-refractivity contribution in [1.29, 1.82) is 0 Å². The highest BCUT2D eigenvalue weighted by Crippen LogP contribution is 2.39. The lowest BCUT2D eigenvalue weighted by molar-refractivity contribution is 0.0757. The van der Waals surface area contributed by atoms with Crippen molar-refractivity contribution in [2.45, 2.75) is 33.6 Å². The molecule has 2 atom stereocenters. The molecule has 1 aromatic rings. The lowest BCUT2D eigenvalue weighted by Crippen LogP contribution is -2.32. The van der Waals surface area contributed by atoms with Crippen molar-refractivity contribution >= 4 is 5.91 Å². The third-order valence-electron chi connectivity index (χ3n) is 5.46. The number of amides is 1. The lowest BCUT2D eigenvalue weighted by Gasteiger charge is -2.23. The number of nitrogens with one attached hydrogen (secondary N) is 1. The zero-order chi connectivity index (χ0) is 19.2. The number of likely N-dealkylation sites (tertiary alicyclic amines) is 1. The predicted octanol–water partition coefficient (Wildman–Crippen LogP) is 2.95. The molecule has 2 saturated heterocycles. The van der Waals surface area contributed by atoms with Gasteiger partial charge in [-0.2, -0.15) is 0 Å². The van der Waals surface area contributed by atoms with E-state index in [2.05, 4.69) is 5.32 Å². The zero-order valence-corrected chi connectivity index (χ0v) is 16.8. The van der Waals surface area contributed by atoms with Crippen LogP contribution in [0, 0.1) is 11.8 Å². The van der Waals surface area contributed by atoms with Crippen LogP contribution in [0.2, 0.25) is 0 Å². The fraction of sp³-hybridized carbons (Fsp3) is 0.667. The lowest BCUT2D eigenvalue weighted by atomic mass is 9.92. The van der Waals surface area contributed by atoms with Crippen LogP contribution >= 0.6 is 0 Å². The summed E-state index contributed by atoms with van der Waals surface area (Å²) in [4.78, 5) is 15.2. The predicted molar refractivity (Wildman–Crippen MR) is 105 cm³/mol. The van der Waals surface area contributed by atoms with E-state index in [0.717, 1.165) is 39.0 Å². The van der Waals surface area contributed by atoms with E-state index in [1.807, 2.05) is 25.7 Å². The summed E-state index contributed by atoms with van der Waals surface area (Å²) in [5.41, 5.74) is 0.607. The van der Waals surface area contributed by atoms with Crippen LogP contribution in [0.15, 0.2) is 12.1 Å². The Hall–Kier alpha value is -1.95. The van der Waals surface area contributed by atoms with Crippen LogP contribution in [0.4, 0.5) is 0 Å². The molecule has 6 nitrogen and oxygen atoms in total. The third-order valence-corrected chi connectivity index (χ3v) is 5.46. The van der Waals surface area contributed by atoms with Gasteiger partial charge >= 0.3 is 0 Å². The second kappa shape index (κ2) is 9.31. The molecule has 150 valence electrons. The van der Waals surface area contributed by atoms with Gasteiger partial charge in [-0.15, -0.1) is 0 Å². The topological polar surface area (TPSA) is 60.0 Å². The first-order valence-electron chi connectivity index (χ1n) is 10.2. The summed E-state index contributed by atoms with van der Waals surface area (Å²) >= 11 is 0. The molecule has 6 heteroatoms. The zero-order valence-electron chi connectivity index (χ0n) is 16.8. The maximum Gasteiger partial charge on any atom is 0.254 e. The first-order chi connectivity index (χ1) is 13.2. The Morgan fingerprint density at radius 2 is 1.48 bits per heavy atom. The highest BCUT2D eigenvalue weighted by Gasteiger charge is 2.32. The highest BCUT2D eigenvalue weighted by molar-refractivity contribution is 5.95. The molecular formula is C21H32N2O4. The van der Waals surface area contributed by atoms with E-state index >= 15 is 0 Å². The van der Waals surface area contributed by atoms with Crippen LogP contribution in [-0.4, -0.2) is 56.8 Å². The fourth-order valence-corrected chi connectivity index (χ4v) is 4.12. The summed E-state index contributed by atoms with van der Waals surface area (Å²) in [6.45, 7) is 11.1. The molecule has 0 spiro atoms. The van der Waals surface area contributed by atoms with Gasteiger partial charge in [0, 0.05) is 18.7 Å². The van der Waals surface area contributed by atoms with E-state index in [0.29, 0.717) is 54.5 Å². The van der Waals surface area contributed by atoms with Crippen molar-refractivity contribution in [3.63, 3.8) is 0 Å². The summed E-state index contributed by atoms with van der Waals surface area (Å²) in [5.74, 6) is 3.17. The summed E-state index contributed by atoms with van der Waals surface area (Å²) < 4.78 is 17.3. The SMILES string of the molecule is CCOc1cc(C(=O)N2CC[C@@H]3CNC[C@@H]3CC2)cc(OCC)c1OCC. The molecule has 1 aromatic carbocycles. The van der Waals surface area contributed by atoms with Gasteiger partial charge < -0.3 is 24.4 Å². The summed E-state index contributed by atoms with van der Waals surface area (Å²) in [5, 5.41) is 3.48. The summed E-state index contributed by atoms with van der Waals surface area (Å²) in [6, 6.07) is 3.60. The number of ether oxygens (including phenoxy) is 3. The molecule has 2 aliphatic rings. The van der Waals surface area contributed by atoms with Gasteiger partial charge in [-0.1, -0.05) is 0 Å². The average Bonchev–Trinajstić information content (AvgIpc) is 3.02. The Morgan fingerprint density at radius 3 is 1.96 bits per heavy atom. The summed E-state index contributed by atoms with van der Waals surface area (Å²) in [7, 11) is 0. The normalized spacial score (nSPS) is 22.1. The molecule has 0 unspecified atom stereocenters. The van der Waals surface area contributed by atoms with E-state index < -0.39 is 0 Å². The quantitative estimate of drug-likeness (QED) is 0.793. The van der Waals surface area contributed by atoms with Crippen molar-refractivity contribution in [2.24, 2.45) is 11.8 Å². The highest BCUT2D eigenvalue weighted by atomic mass is 16.5. The Morgan fingerprint density at radius 1 is 0.963 bits per heavy atom. The average molecular weight is 376 g/mol. The van der Waals surface area contributed by atoms with Crippen LogP contribution in [0.5, 0.6) is 17.2 Å². The molecule has 0 aromatic heterocycles. The molecule has 1 N–H and O–H groups in total. The Bertz CT molecular complexity index is 608. The van der Waals surface area contributed by atoms with Crippen LogP contribution in [0.1, 0.15) is 44.0 Å². The third kappa shape index (κ3) is 4.49. The van der Waals surface area contributed by atoms with Gasteiger partial charge in [0.25, 0.3) is 5.91 Å². The van der Waals surface area contributed by atoms with Crippen LogP contribution < -0.4 is 19.5 Å². The van der Waals surface area contributed by atoms with Gasteiger partial charge in [0.1, 0.15) is 0 Å². The minimum absolute atomic E-state index is 0.0490. The molecule has 0 aliphatic carbocycles. The van der Waals surface area contributed by atoms with E-state index in [1.54, 1.807) is 12.1 Å². The Balaban J connectivity index is 1.84. The van der Waals surface area contributed by atoms with Gasteiger partial charge in [-0.05, 0) is 70.7 Å². The second-order valence-electron chi connectivity index (χ2n) is 7.15. The van der Waals surface area contributed by atoms with Crippen molar-refractivity contribution in [1.82, 2.24) is 10.2 Å². The summed E-state index contributed by atoms with van der Waals surface area (Å²) in [6.07, 6.45) is 2.13. The van der Waals surface area contributed by atoms with Gasteiger partial charge in [-0.3, -0.25) is 4.79 Å². The number of nitrogens with zero attached hydrogens (tertiary/aromatic N) is 1. The fourth-order valence-electron chi connectivity index (χ4n) is 4.12. The minimum atomic E-state index is 0.0490. The Labute approximate surface area is 162 Å². The molecule has 3 rings (SSSR count). The van der Waals surface area contributed by atoms with Gasteiger partial charge in [0.2, 0.25) is 5.75 Å². The largest absolute Gasteiger partial charge is 0.490 e. The molecule has 2 aliphatic heterocycles. The maximum atomic E-state index is 13.2. The van der Waals surface area contributed by atoms with Crippen LogP contribution in [0.25, 0.3) is 0 Å². The van der Waals surface area contributed by atoms with Crippen molar-refractivity contribution in [2.75, 3.05) is 46.0 Å². The molecule has 27 heavy (non-hydrogen) atoms. The van der Waals surface area contributed by atoms with E-state index in [1.165, 1.54) is 0 Å². The monoisotopic (exact) mass is 376 g/mol. The number of hydrogen-bond acceptors (Lipinski definition) is 5. The first kappa shape index (κ1) is 19.8. The number of hydrogen-bond donors (Lipinski definition) is 1. The second-order valence-corrected chi connectivity index (χ2v) is 7.15. The van der Waals surface area contributed by atoms with Crippen LogP contribution in [0.3, 0.4) is 0 Å². The van der Waals surface area contributed by atoms with Crippen molar-refractivity contribution in [3.8, 4) is 17.2 Å². The number of carbonyl (C=O) groups is 1. The Kier molecular flexibility index (Phi) is 6.83. The van der Waals surface area contributed by atoms with Gasteiger partial charge in [-0.25, -0.2) is 0 Å². The van der Waals surface area contributed by atoms with E-state index in [-0.39, 0.29) is 5.91 Å². The molecule has 1 amide bonds. The number of carbonyl (C=O) groups excluding carboxylic acids is 1. The molecule has 0 saturated carbocycles. The van der Waals surface area contributed by atoms with Gasteiger partial charge in [0.05, 0.1) is 19.8 Å². The van der Waals surface area contributed by atoms with E-state index in [4.69, 9.17) is 14.2 Å². The maximum absolute atomic E-state index is 13.2. The number of benzene rings is 1. The first-order valence-corrected chi connectivity index (χ1v) is 10.2. The smallest absolute Gasteiger partial charge is 0.254 e. The van der Waals surface area contributed by atoms with Crippen LogP contribution in [-0.2, 0) is 0 Å². The minimum Gasteiger partial charge on any atom is -0.490 e. The number of rotatable bonds is 7. The van der Waals surface area contributed by atoms with E-state index in [9.17, 15) is 4.79 Å². The number of fused-ring (bicyclic) bond motifs is 1. The molecule has 0 radical (unpaired) electrons. The van der Waals surface area contributed by atoms with Gasteiger partial charge in [0.15, 0.2) is 11.5 Å². The van der Waals surface area contributed by atoms with Crippen molar-refractivity contribution < 1.29 is 19.0 Å². The van der Waals surface area contributed by atoms with Crippen molar-refractivity contribution in [3.05, 3.63) is 17.7 Å². The molecule has 2 fully saturated rings. The molecule has 2 heterocycles. The standard InChI is InChI=1S/C21H32N2O4/c1-4-25-18-11-17(12-19(26-5-2)20(18)27-6-3)21(24)23-9-7-15-13-22-14-16(15)8-10-23/h11-12,15-16,22H,4-10,13-14H2,1-3H3/t15-,16+.